The van der Waals surface area contributed by atoms with Crippen LogP contribution in [0, 0.1) is 11.8 Å². The molecule has 8 nitrogen and oxygen atoms in total. The van der Waals surface area contributed by atoms with Crippen LogP contribution in [0.15, 0.2) is 97.3 Å². The van der Waals surface area contributed by atoms with E-state index in [-0.39, 0.29) is 18.0 Å². The molecule has 0 aliphatic carbocycles. The number of carbonyl (C=O) groups is 1. The summed E-state index contributed by atoms with van der Waals surface area (Å²) in [7, 11) is 0. The number of nitrogens with one attached hydrogen (secondary N) is 3. The molecule has 4 aromatic rings. The number of amides is 1. The van der Waals surface area contributed by atoms with Crippen molar-refractivity contribution in [3.05, 3.63) is 120 Å². The third kappa shape index (κ3) is 6.53. The maximum Gasteiger partial charge on any atom is 0.405 e. The van der Waals surface area contributed by atoms with Gasteiger partial charge in [0.2, 0.25) is 0 Å². The Hall–Kier alpha value is -4.43. The molecule has 4 heterocycles. The summed E-state index contributed by atoms with van der Waals surface area (Å²) in [5.74, 6) is 0.528. The molecule has 39 heavy (non-hydrogen) atoms. The summed E-state index contributed by atoms with van der Waals surface area (Å²) >= 11 is 0. The monoisotopic (exact) mass is 522 g/mol. The number of pyridine rings is 2. The van der Waals surface area contributed by atoms with Gasteiger partial charge in [0.15, 0.2) is 0 Å². The number of anilines is 2. The van der Waals surface area contributed by atoms with Crippen LogP contribution in [0.3, 0.4) is 0 Å². The molecule has 0 unspecified atom stereocenters. The molecule has 8 heteroatoms. The molecular weight excluding hydrogens is 488 g/mol. The predicted octanol–water partition coefficient (Wildman–Crippen LogP) is 5.04. The van der Waals surface area contributed by atoms with E-state index in [0.717, 1.165) is 54.3 Å². The van der Waals surface area contributed by atoms with Crippen molar-refractivity contribution < 1.29 is 9.90 Å². The topological polar surface area (TPSA) is 125 Å². The van der Waals surface area contributed by atoms with E-state index in [9.17, 15) is 4.79 Å². The molecule has 0 bridgehead atoms. The highest BCUT2D eigenvalue weighted by Gasteiger charge is 2.29. The zero-order valence-electron chi connectivity index (χ0n) is 21.7. The Morgan fingerprint density at radius 1 is 0.769 bits per heavy atom. The molecule has 0 saturated heterocycles. The van der Waals surface area contributed by atoms with Crippen molar-refractivity contribution >= 4 is 17.5 Å². The van der Waals surface area contributed by atoms with Crippen molar-refractivity contribution in [1.29, 1.82) is 0 Å². The lowest BCUT2D eigenvalue weighted by Crippen LogP contribution is -2.38. The van der Waals surface area contributed by atoms with Gasteiger partial charge in [0, 0.05) is 43.4 Å². The molecule has 2 aliphatic rings. The van der Waals surface area contributed by atoms with Crippen LogP contribution in [0.1, 0.15) is 34.6 Å². The van der Waals surface area contributed by atoms with Gasteiger partial charge in [0.1, 0.15) is 0 Å². The summed E-state index contributed by atoms with van der Waals surface area (Å²) in [6.45, 7) is 1.63. The quantitative estimate of drug-likeness (QED) is 0.249. The number of aromatic nitrogens is 2. The zero-order valence-corrected chi connectivity index (χ0v) is 21.7. The molecule has 2 aromatic heterocycles. The van der Waals surface area contributed by atoms with Gasteiger partial charge >= 0.3 is 6.09 Å². The molecule has 1 amide bonds. The Bertz CT molecular complexity index is 1370. The van der Waals surface area contributed by atoms with E-state index in [4.69, 9.17) is 10.8 Å². The molecule has 0 spiro atoms. The average Bonchev–Trinajstić information content (AvgIpc) is 3.00. The third-order valence-corrected chi connectivity index (χ3v) is 7.40. The second-order valence-electron chi connectivity index (χ2n) is 9.96. The van der Waals surface area contributed by atoms with E-state index < -0.39 is 6.09 Å². The first kappa shape index (κ1) is 26.2. The van der Waals surface area contributed by atoms with Crippen molar-refractivity contribution in [2.45, 2.75) is 24.9 Å². The highest BCUT2D eigenvalue weighted by Crippen LogP contribution is 2.31. The maximum atomic E-state index is 11.1. The highest BCUT2D eigenvalue weighted by molar-refractivity contribution is 5.65. The van der Waals surface area contributed by atoms with E-state index in [1.54, 1.807) is 6.20 Å². The molecule has 6 N–H and O–H groups in total. The van der Waals surface area contributed by atoms with Gasteiger partial charge in [-0.2, -0.15) is 0 Å². The van der Waals surface area contributed by atoms with Gasteiger partial charge in [-0.15, -0.1) is 0 Å². The second kappa shape index (κ2) is 12.4. The van der Waals surface area contributed by atoms with Crippen molar-refractivity contribution in [3.8, 4) is 0 Å². The minimum Gasteiger partial charge on any atom is -0.465 e. The number of hydrogen-bond donors (Lipinski definition) is 5. The van der Waals surface area contributed by atoms with Crippen LogP contribution >= 0.6 is 0 Å². The van der Waals surface area contributed by atoms with Gasteiger partial charge in [-0.3, -0.25) is 9.97 Å². The first-order valence-corrected chi connectivity index (χ1v) is 13.3. The fraction of sp³-hybridized carbons (Fsp3) is 0.258. The van der Waals surface area contributed by atoms with Gasteiger partial charge in [0.05, 0.1) is 28.8 Å². The van der Waals surface area contributed by atoms with Gasteiger partial charge in [0.25, 0.3) is 0 Å². The van der Waals surface area contributed by atoms with Crippen molar-refractivity contribution in [2.24, 2.45) is 17.6 Å². The fourth-order valence-electron chi connectivity index (χ4n) is 5.35. The summed E-state index contributed by atoms with van der Waals surface area (Å²) < 4.78 is 0. The van der Waals surface area contributed by atoms with E-state index in [1.807, 2.05) is 72.9 Å². The first-order valence-electron chi connectivity index (χ1n) is 13.3. The summed E-state index contributed by atoms with van der Waals surface area (Å²) in [5, 5.41) is 18.5. The lowest BCUT2D eigenvalue weighted by atomic mass is 9.86. The van der Waals surface area contributed by atoms with Crippen molar-refractivity contribution in [1.82, 2.24) is 15.3 Å². The number of nitrogens with zero attached hydrogens (tertiary/aromatic N) is 2. The number of benzene rings is 2. The number of fused-ring (bicyclic) bond motifs is 2. The normalized spacial score (nSPS) is 18.9. The first-order chi connectivity index (χ1) is 19.1. The molecule has 2 aliphatic heterocycles. The molecule has 0 fully saturated rings. The van der Waals surface area contributed by atoms with Crippen LogP contribution in [0.5, 0.6) is 0 Å². The Kier molecular flexibility index (Phi) is 8.33. The lowest BCUT2D eigenvalue weighted by molar-refractivity contribution is 0.184. The molecule has 2 aromatic carbocycles. The van der Waals surface area contributed by atoms with Gasteiger partial charge in [-0.25, -0.2) is 4.79 Å². The Morgan fingerprint density at radius 3 is 1.85 bits per heavy atom. The van der Waals surface area contributed by atoms with E-state index in [2.05, 4.69) is 44.1 Å². The summed E-state index contributed by atoms with van der Waals surface area (Å²) in [4.78, 5) is 19.9. The van der Waals surface area contributed by atoms with Crippen molar-refractivity contribution in [2.75, 3.05) is 23.7 Å². The zero-order chi connectivity index (χ0) is 27.0. The maximum absolute atomic E-state index is 11.1. The van der Waals surface area contributed by atoms with Crippen LogP contribution in [-0.2, 0) is 12.8 Å². The molecule has 6 rings (SSSR count). The largest absolute Gasteiger partial charge is 0.465 e. The Labute approximate surface area is 228 Å². The third-order valence-electron chi connectivity index (χ3n) is 7.40. The van der Waals surface area contributed by atoms with E-state index in [1.165, 1.54) is 5.56 Å². The second-order valence-corrected chi connectivity index (χ2v) is 9.96. The molecule has 4 atom stereocenters. The summed E-state index contributed by atoms with van der Waals surface area (Å²) in [6.07, 6.45) is 4.31. The number of hydrogen-bond acceptors (Lipinski definition) is 6. The Balaban J connectivity index is 0.000000160. The minimum absolute atomic E-state index is 0.0638. The number of rotatable bonds is 5. The molecular formula is C31H34N6O2. The van der Waals surface area contributed by atoms with Crippen LogP contribution in [-0.4, -0.2) is 34.3 Å². The average molecular weight is 523 g/mol. The van der Waals surface area contributed by atoms with Crippen LogP contribution < -0.4 is 21.7 Å². The standard InChI is InChI=1S/C16H17N3O2.C15H17N3/c20-16(21)19-15(11-5-2-1-3-6-11)12-9-14-13(18-10-12)7-4-8-17-14;16-15(11-5-2-1-3-6-11)12-9-14-13(18-10-12)7-4-8-17-14/h1-8,12,15,18-19H,9-10H2,(H,20,21);1-8,12,15,18H,9-10,16H2/t2*12-,15-/m11/s1. The lowest BCUT2D eigenvalue weighted by Gasteiger charge is -2.32. The van der Waals surface area contributed by atoms with Crippen LogP contribution in [0.2, 0.25) is 0 Å². The molecule has 0 radical (unpaired) electrons. The minimum atomic E-state index is -1.00. The highest BCUT2D eigenvalue weighted by atomic mass is 16.4. The summed E-state index contributed by atoms with van der Waals surface area (Å²) in [5.41, 5.74) is 12.8. The van der Waals surface area contributed by atoms with Crippen LogP contribution in [0.25, 0.3) is 0 Å². The van der Waals surface area contributed by atoms with E-state index >= 15 is 0 Å². The molecule has 200 valence electrons. The predicted molar refractivity (Wildman–Crippen MR) is 154 cm³/mol. The fourth-order valence-corrected chi connectivity index (χ4v) is 5.35. The SMILES string of the molecule is N[C@H](c1ccccc1)[C@H]1CNc2cccnc2C1.O=C(O)N[C@H](c1ccccc1)[C@H]1CNc2cccnc2C1. The van der Waals surface area contributed by atoms with Gasteiger partial charge in [-0.1, -0.05) is 60.7 Å². The number of carboxylic acid groups (broad SMARTS) is 1. The Morgan fingerprint density at radius 2 is 1.28 bits per heavy atom. The van der Waals surface area contributed by atoms with Crippen LogP contribution in [0.4, 0.5) is 16.2 Å². The van der Waals surface area contributed by atoms with Crippen molar-refractivity contribution in [3.63, 3.8) is 0 Å². The van der Waals surface area contributed by atoms with E-state index in [0.29, 0.717) is 5.92 Å². The molecule has 0 saturated carbocycles. The number of nitrogens with two attached hydrogens (primary N) is 1. The van der Waals surface area contributed by atoms with Gasteiger partial charge < -0.3 is 26.8 Å². The smallest absolute Gasteiger partial charge is 0.405 e. The summed E-state index contributed by atoms with van der Waals surface area (Å²) in [6, 6.07) is 27.7. The van der Waals surface area contributed by atoms with Gasteiger partial charge in [-0.05, 0) is 48.2 Å².